The van der Waals surface area contributed by atoms with Gasteiger partial charge in [0.05, 0.1) is 23.0 Å². The minimum Gasteiger partial charge on any atom is -0.459 e. The number of carbonyl (C=O) groups is 3. The number of esters is 3. The van der Waals surface area contributed by atoms with Crippen LogP contribution in [-0.2, 0) is 18.9 Å². The molecular weight excluding hydrogens is 626 g/mol. The number of carbonyl (C=O) groups excluding carboxylic acids is 3. The number of aromatic nitrogens is 4. The number of hydrogen-bond donors (Lipinski definition) is 1. The predicted molar refractivity (Wildman–Crippen MR) is 180 cm³/mol. The second-order valence-corrected chi connectivity index (χ2v) is 11.5. The van der Waals surface area contributed by atoms with Crippen LogP contribution in [-0.4, -0.2) is 68.9 Å². The number of fused-ring (bicyclic) bond motifs is 1. The SMILES string of the molecule is CCCCCCNc1ncnc2c1ncn2[C@@H]1O[C@H](COC(=O)c2ccccc2)[C@@H](OC(=O)c2ccccc2)[C@H]1OC(=O)c1ccccc1. The summed E-state index contributed by atoms with van der Waals surface area (Å²) in [5, 5.41) is 3.35. The maximum atomic E-state index is 13.5. The van der Waals surface area contributed by atoms with Gasteiger partial charge in [-0.3, -0.25) is 4.57 Å². The molecule has 4 atom stereocenters. The molecule has 6 rings (SSSR count). The number of nitrogens with zero attached hydrogens (tertiary/aromatic N) is 4. The van der Waals surface area contributed by atoms with Crippen LogP contribution in [0.15, 0.2) is 104 Å². The molecule has 0 unspecified atom stereocenters. The van der Waals surface area contributed by atoms with Gasteiger partial charge in [-0.05, 0) is 42.8 Å². The largest absolute Gasteiger partial charge is 0.459 e. The summed E-state index contributed by atoms with van der Waals surface area (Å²) in [6.07, 6.45) is 2.79. The lowest BCUT2D eigenvalue weighted by atomic mass is 10.1. The molecule has 0 amide bonds. The van der Waals surface area contributed by atoms with Crippen LogP contribution in [0.25, 0.3) is 11.2 Å². The van der Waals surface area contributed by atoms with E-state index in [0.717, 1.165) is 25.7 Å². The van der Waals surface area contributed by atoms with Crippen molar-refractivity contribution in [3.63, 3.8) is 0 Å². The molecule has 1 N–H and O–H groups in total. The van der Waals surface area contributed by atoms with Crippen LogP contribution in [0.5, 0.6) is 0 Å². The lowest BCUT2D eigenvalue weighted by Gasteiger charge is -2.25. The molecular formula is C37H37N5O7. The second-order valence-electron chi connectivity index (χ2n) is 11.5. The Morgan fingerprint density at radius 2 is 1.33 bits per heavy atom. The quantitative estimate of drug-likeness (QED) is 0.0846. The lowest BCUT2D eigenvalue weighted by Crippen LogP contribution is -2.41. The predicted octanol–water partition coefficient (Wildman–Crippen LogP) is 6.02. The highest BCUT2D eigenvalue weighted by Gasteiger charge is 2.52. The normalized spacial score (nSPS) is 18.6. The van der Waals surface area contributed by atoms with Crippen molar-refractivity contribution in [2.24, 2.45) is 0 Å². The zero-order valence-electron chi connectivity index (χ0n) is 27.0. The van der Waals surface area contributed by atoms with E-state index in [4.69, 9.17) is 18.9 Å². The average Bonchev–Trinajstić information content (AvgIpc) is 3.73. The van der Waals surface area contributed by atoms with Crippen molar-refractivity contribution in [2.45, 2.75) is 57.1 Å². The Bertz CT molecular complexity index is 1850. The molecule has 3 heterocycles. The highest BCUT2D eigenvalue weighted by atomic mass is 16.7. The number of hydrogen-bond acceptors (Lipinski definition) is 11. The summed E-state index contributed by atoms with van der Waals surface area (Å²) in [6.45, 7) is 2.57. The maximum Gasteiger partial charge on any atom is 0.338 e. The molecule has 1 aliphatic rings. The summed E-state index contributed by atoms with van der Waals surface area (Å²) in [6, 6.07) is 25.4. The molecule has 49 heavy (non-hydrogen) atoms. The van der Waals surface area contributed by atoms with Crippen LogP contribution in [0.3, 0.4) is 0 Å². The zero-order chi connectivity index (χ0) is 34.0. The van der Waals surface area contributed by atoms with Crippen molar-refractivity contribution in [3.8, 4) is 0 Å². The first-order valence-corrected chi connectivity index (χ1v) is 16.3. The van der Waals surface area contributed by atoms with Crippen LogP contribution < -0.4 is 5.32 Å². The van der Waals surface area contributed by atoms with E-state index in [0.29, 0.717) is 34.7 Å². The summed E-state index contributed by atoms with van der Waals surface area (Å²) in [5.41, 5.74) is 1.82. The van der Waals surface area contributed by atoms with Gasteiger partial charge in [0.2, 0.25) is 0 Å². The van der Waals surface area contributed by atoms with E-state index in [1.165, 1.54) is 12.7 Å². The summed E-state index contributed by atoms with van der Waals surface area (Å²) in [4.78, 5) is 53.4. The number of rotatable bonds is 14. The highest BCUT2D eigenvalue weighted by molar-refractivity contribution is 5.91. The number of ether oxygens (including phenoxy) is 4. The first-order chi connectivity index (χ1) is 24.0. The smallest absolute Gasteiger partial charge is 0.338 e. The highest BCUT2D eigenvalue weighted by Crippen LogP contribution is 2.37. The van der Waals surface area contributed by atoms with E-state index in [1.54, 1.807) is 95.6 Å². The monoisotopic (exact) mass is 663 g/mol. The van der Waals surface area contributed by atoms with Gasteiger partial charge < -0.3 is 24.3 Å². The van der Waals surface area contributed by atoms with E-state index in [1.807, 2.05) is 0 Å². The van der Waals surface area contributed by atoms with Gasteiger partial charge in [0.15, 0.2) is 35.4 Å². The van der Waals surface area contributed by atoms with Crippen molar-refractivity contribution >= 4 is 34.9 Å². The first-order valence-electron chi connectivity index (χ1n) is 16.3. The third-order valence-electron chi connectivity index (χ3n) is 8.13. The minimum absolute atomic E-state index is 0.287. The Morgan fingerprint density at radius 3 is 1.94 bits per heavy atom. The van der Waals surface area contributed by atoms with Crippen LogP contribution >= 0.6 is 0 Å². The van der Waals surface area contributed by atoms with Crippen molar-refractivity contribution in [2.75, 3.05) is 18.5 Å². The van der Waals surface area contributed by atoms with E-state index in [2.05, 4.69) is 27.2 Å². The Morgan fingerprint density at radius 1 is 0.735 bits per heavy atom. The summed E-state index contributed by atoms with van der Waals surface area (Å²) < 4.78 is 25.9. The van der Waals surface area contributed by atoms with Gasteiger partial charge in [0.25, 0.3) is 0 Å². The van der Waals surface area contributed by atoms with E-state index in [9.17, 15) is 14.4 Å². The number of unbranched alkanes of at least 4 members (excludes halogenated alkanes) is 3. The topological polar surface area (TPSA) is 144 Å². The molecule has 12 heteroatoms. The molecule has 1 aliphatic heterocycles. The van der Waals surface area contributed by atoms with Crippen LogP contribution in [0.1, 0.15) is 69.9 Å². The lowest BCUT2D eigenvalue weighted by molar-refractivity contribution is -0.0606. The van der Waals surface area contributed by atoms with Crippen molar-refractivity contribution in [1.29, 1.82) is 0 Å². The fourth-order valence-electron chi connectivity index (χ4n) is 5.61. The number of benzene rings is 3. The van der Waals surface area contributed by atoms with Crippen LogP contribution in [0, 0.1) is 0 Å². The first kappa shape index (κ1) is 33.3. The fraction of sp³-hybridized carbons (Fsp3) is 0.297. The van der Waals surface area contributed by atoms with Gasteiger partial charge in [-0.25, -0.2) is 29.3 Å². The maximum absolute atomic E-state index is 13.5. The Balaban J connectivity index is 1.34. The molecule has 0 radical (unpaired) electrons. The molecule has 5 aromatic rings. The van der Waals surface area contributed by atoms with Crippen molar-refractivity contribution in [1.82, 2.24) is 19.5 Å². The third-order valence-corrected chi connectivity index (χ3v) is 8.13. The number of nitrogens with one attached hydrogen (secondary N) is 1. The zero-order valence-corrected chi connectivity index (χ0v) is 27.0. The number of anilines is 1. The Labute approximate surface area is 283 Å². The van der Waals surface area contributed by atoms with Crippen LogP contribution in [0.2, 0.25) is 0 Å². The van der Waals surface area contributed by atoms with Gasteiger partial charge in [-0.15, -0.1) is 0 Å². The molecule has 3 aromatic carbocycles. The number of imidazole rings is 1. The summed E-state index contributed by atoms with van der Waals surface area (Å²) in [5.74, 6) is -1.36. The molecule has 0 bridgehead atoms. The fourth-order valence-corrected chi connectivity index (χ4v) is 5.61. The summed E-state index contributed by atoms with van der Waals surface area (Å²) >= 11 is 0. The average molecular weight is 664 g/mol. The standard InChI is InChI=1S/C37H37N5O7/c1-2-3-4-14-21-38-32-29-33(40-23-39-32)42(24-41-29)34-31(49-37(45)27-19-12-7-13-20-27)30(48-36(44)26-17-10-6-11-18-26)28(47-34)22-46-35(43)25-15-8-5-9-16-25/h5-13,15-20,23-24,28,30-31,34H,2-4,14,21-22H2,1H3,(H,38,39,40)/t28-,30-,31-,34-/m1/s1. The Hall–Kier alpha value is -5.62. The molecule has 1 saturated heterocycles. The second kappa shape index (κ2) is 16.0. The van der Waals surface area contributed by atoms with Gasteiger partial charge in [0, 0.05) is 6.54 Å². The van der Waals surface area contributed by atoms with Gasteiger partial charge in [0.1, 0.15) is 19.0 Å². The van der Waals surface area contributed by atoms with Crippen molar-refractivity contribution in [3.05, 3.63) is 120 Å². The Kier molecular flexibility index (Phi) is 10.9. The molecule has 0 spiro atoms. The summed E-state index contributed by atoms with van der Waals surface area (Å²) in [7, 11) is 0. The van der Waals surface area contributed by atoms with E-state index in [-0.39, 0.29) is 12.2 Å². The molecule has 252 valence electrons. The van der Waals surface area contributed by atoms with Gasteiger partial charge >= 0.3 is 17.9 Å². The molecule has 12 nitrogen and oxygen atoms in total. The van der Waals surface area contributed by atoms with Crippen LogP contribution in [0.4, 0.5) is 5.82 Å². The molecule has 2 aromatic heterocycles. The molecule has 0 saturated carbocycles. The third kappa shape index (κ3) is 7.92. The molecule has 1 fully saturated rings. The minimum atomic E-state index is -1.20. The van der Waals surface area contributed by atoms with Crippen molar-refractivity contribution < 1.29 is 33.3 Å². The molecule has 0 aliphatic carbocycles. The van der Waals surface area contributed by atoms with Gasteiger partial charge in [-0.2, -0.15) is 0 Å². The van der Waals surface area contributed by atoms with Gasteiger partial charge in [-0.1, -0.05) is 80.8 Å². The van der Waals surface area contributed by atoms with E-state index < -0.39 is 42.4 Å². The van der Waals surface area contributed by atoms with E-state index >= 15 is 0 Å².